The van der Waals surface area contributed by atoms with Crippen LogP contribution in [-0.2, 0) is 0 Å². The number of hydrazine groups is 1. The summed E-state index contributed by atoms with van der Waals surface area (Å²) in [6.45, 7) is 4.54. The maximum atomic E-state index is 9.93. The van der Waals surface area contributed by atoms with Gasteiger partial charge in [-0.15, -0.1) is 0 Å². The minimum Gasteiger partial charge on any atom is -0.444 e. The van der Waals surface area contributed by atoms with E-state index in [9.17, 15) is 5.11 Å². The molecule has 0 saturated heterocycles. The van der Waals surface area contributed by atoms with Gasteiger partial charge in [0.15, 0.2) is 12.2 Å². The normalized spacial score (nSPS) is 17.7. The second-order valence-electron chi connectivity index (χ2n) is 9.06. The summed E-state index contributed by atoms with van der Waals surface area (Å²) in [4.78, 5) is 6.24. The Morgan fingerprint density at radius 2 is 2.00 bits per heavy atom. The van der Waals surface area contributed by atoms with Gasteiger partial charge in [0.2, 0.25) is 0 Å². The Balaban J connectivity index is 1.44. The molecule has 2 aromatic carbocycles. The molecule has 2 aliphatic heterocycles. The van der Waals surface area contributed by atoms with E-state index in [1.54, 1.807) is 6.20 Å². The number of nitrogens with one attached hydrogen (secondary N) is 2. The SMILES string of the molecule is CCCC1CC2=C(CN1)CN(Nc1ccc(-c3cnco3)cc1)C=C2N(CCO)c1ccccc1. The van der Waals surface area contributed by atoms with E-state index < -0.39 is 0 Å². The zero-order valence-corrected chi connectivity index (χ0v) is 20.2. The zero-order valence-electron chi connectivity index (χ0n) is 20.2. The van der Waals surface area contributed by atoms with Crippen molar-refractivity contribution in [3.8, 4) is 11.3 Å². The molecule has 0 aliphatic carbocycles. The molecule has 7 heteroatoms. The third-order valence-corrected chi connectivity index (χ3v) is 6.62. The molecule has 7 nitrogen and oxygen atoms in total. The van der Waals surface area contributed by atoms with E-state index in [0.717, 1.165) is 60.7 Å². The van der Waals surface area contributed by atoms with Crippen LogP contribution in [-0.4, -0.2) is 47.4 Å². The Morgan fingerprint density at radius 1 is 1.17 bits per heavy atom. The summed E-state index contributed by atoms with van der Waals surface area (Å²) in [7, 11) is 0. The third-order valence-electron chi connectivity index (χ3n) is 6.62. The summed E-state index contributed by atoms with van der Waals surface area (Å²) in [6.07, 6.45) is 8.69. The number of nitrogens with zero attached hydrogens (tertiary/aromatic N) is 3. The maximum absolute atomic E-state index is 9.93. The summed E-state index contributed by atoms with van der Waals surface area (Å²) < 4.78 is 5.41. The second-order valence-corrected chi connectivity index (χ2v) is 9.06. The van der Waals surface area contributed by atoms with Crippen molar-refractivity contribution in [2.75, 3.05) is 36.6 Å². The second kappa shape index (κ2) is 10.8. The lowest BCUT2D eigenvalue weighted by Crippen LogP contribution is -2.44. The van der Waals surface area contributed by atoms with Gasteiger partial charge < -0.3 is 19.7 Å². The molecule has 1 atom stereocenters. The molecule has 1 aromatic heterocycles. The van der Waals surface area contributed by atoms with Gasteiger partial charge in [0.05, 0.1) is 30.7 Å². The molecule has 0 radical (unpaired) electrons. The van der Waals surface area contributed by atoms with Crippen molar-refractivity contribution in [2.45, 2.75) is 32.2 Å². The smallest absolute Gasteiger partial charge is 0.181 e. The van der Waals surface area contributed by atoms with Gasteiger partial charge in [0.1, 0.15) is 0 Å². The van der Waals surface area contributed by atoms with E-state index in [1.165, 1.54) is 17.5 Å². The summed E-state index contributed by atoms with van der Waals surface area (Å²) in [6, 6.07) is 19.0. The molecule has 1 unspecified atom stereocenters. The highest BCUT2D eigenvalue weighted by atomic mass is 16.3. The summed E-state index contributed by atoms with van der Waals surface area (Å²) >= 11 is 0. The molecular formula is C28H33N5O2. The van der Waals surface area contributed by atoms with Crippen molar-refractivity contribution in [1.82, 2.24) is 15.3 Å². The fourth-order valence-corrected chi connectivity index (χ4v) is 4.94. The van der Waals surface area contributed by atoms with Gasteiger partial charge in [-0.25, -0.2) is 4.98 Å². The predicted molar refractivity (Wildman–Crippen MR) is 140 cm³/mol. The number of hydrogen-bond donors (Lipinski definition) is 3. The van der Waals surface area contributed by atoms with Gasteiger partial charge in [-0.2, -0.15) is 0 Å². The average molecular weight is 472 g/mol. The third kappa shape index (κ3) is 5.26. The monoisotopic (exact) mass is 471 g/mol. The largest absolute Gasteiger partial charge is 0.444 e. The molecule has 0 spiro atoms. The van der Waals surface area contributed by atoms with Crippen LogP contribution in [0.4, 0.5) is 11.4 Å². The highest BCUT2D eigenvalue weighted by Gasteiger charge is 2.30. The van der Waals surface area contributed by atoms with Crippen molar-refractivity contribution in [3.63, 3.8) is 0 Å². The molecular weight excluding hydrogens is 438 g/mol. The number of oxazole rings is 1. The van der Waals surface area contributed by atoms with Crippen molar-refractivity contribution in [2.24, 2.45) is 0 Å². The Morgan fingerprint density at radius 3 is 2.71 bits per heavy atom. The number of rotatable bonds is 9. The van der Waals surface area contributed by atoms with Gasteiger partial charge >= 0.3 is 0 Å². The van der Waals surface area contributed by atoms with Crippen LogP contribution in [0.25, 0.3) is 11.3 Å². The van der Waals surface area contributed by atoms with E-state index in [1.807, 2.05) is 42.5 Å². The van der Waals surface area contributed by atoms with Crippen molar-refractivity contribution in [3.05, 3.63) is 90.2 Å². The first-order chi connectivity index (χ1) is 17.2. The van der Waals surface area contributed by atoms with E-state index in [4.69, 9.17) is 4.42 Å². The molecule has 0 amide bonds. The molecule has 3 heterocycles. The first-order valence-electron chi connectivity index (χ1n) is 12.4. The number of aromatic nitrogens is 1. The predicted octanol–water partition coefficient (Wildman–Crippen LogP) is 4.78. The fourth-order valence-electron chi connectivity index (χ4n) is 4.94. The fraction of sp³-hybridized carbons (Fsp3) is 0.321. The van der Waals surface area contributed by atoms with Crippen LogP contribution < -0.4 is 15.6 Å². The van der Waals surface area contributed by atoms with Crippen LogP contribution in [0.2, 0.25) is 0 Å². The van der Waals surface area contributed by atoms with Crippen LogP contribution in [0.15, 0.2) is 94.6 Å². The van der Waals surface area contributed by atoms with E-state index in [2.05, 4.69) is 50.9 Å². The Kier molecular flexibility index (Phi) is 7.16. The molecule has 182 valence electrons. The van der Waals surface area contributed by atoms with E-state index in [0.29, 0.717) is 12.6 Å². The first kappa shape index (κ1) is 23.2. The molecule has 0 bridgehead atoms. The molecule has 3 N–H and O–H groups in total. The number of aliphatic hydroxyl groups excluding tert-OH is 1. The average Bonchev–Trinajstić information content (AvgIpc) is 3.43. The standard InChI is InChI=1S/C28H33N5O2/c1-2-6-24-15-26-22(16-30-24)18-32(19-27(26)33(13-14-34)25-7-4-3-5-8-25)31-23-11-9-21(10-12-23)28-17-29-20-35-28/h3-5,7-12,17,19-20,24,30-31,34H,2,6,13-16,18H2,1H3. The van der Waals surface area contributed by atoms with Crippen LogP contribution in [0.5, 0.6) is 0 Å². The minimum atomic E-state index is 0.0853. The topological polar surface area (TPSA) is 76.8 Å². The Bertz CT molecular complexity index is 1160. The molecule has 0 saturated carbocycles. The van der Waals surface area contributed by atoms with E-state index >= 15 is 0 Å². The van der Waals surface area contributed by atoms with Crippen molar-refractivity contribution in [1.29, 1.82) is 0 Å². The quantitative estimate of drug-likeness (QED) is 0.414. The van der Waals surface area contributed by atoms with Crippen LogP contribution in [0, 0.1) is 0 Å². The first-order valence-corrected chi connectivity index (χ1v) is 12.4. The molecule has 35 heavy (non-hydrogen) atoms. The summed E-state index contributed by atoms with van der Waals surface area (Å²) in [5, 5.41) is 15.8. The Hall–Kier alpha value is -3.55. The van der Waals surface area contributed by atoms with Crippen LogP contribution >= 0.6 is 0 Å². The lowest BCUT2D eigenvalue weighted by Gasteiger charge is -2.40. The van der Waals surface area contributed by atoms with Gasteiger partial charge in [0, 0.05) is 36.6 Å². The van der Waals surface area contributed by atoms with E-state index in [-0.39, 0.29) is 6.61 Å². The maximum Gasteiger partial charge on any atom is 0.181 e. The highest BCUT2D eigenvalue weighted by molar-refractivity contribution is 5.62. The lowest BCUT2D eigenvalue weighted by molar-refractivity contribution is 0.303. The van der Waals surface area contributed by atoms with Crippen molar-refractivity contribution >= 4 is 11.4 Å². The molecule has 2 aliphatic rings. The number of anilines is 2. The van der Waals surface area contributed by atoms with Crippen LogP contribution in [0.3, 0.4) is 0 Å². The minimum absolute atomic E-state index is 0.0853. The molecule has 0 fully saturated rings. The number of para-hydroxylation sites is 1. The van der Waals surface area contributed by atoms with Gasteiger partial charge in [-0.05, 0) is 60.4 Å². The van der Waals surface area contributed by atoms with Gasteiger partial charge in [-0.3, -0.25) is 10.4 Å². The molecule has 3 aromatic rings. The summed E-state index contributed by atoms with van der Waals surface area (Å²) in [5.41, 5.74) is 10.6. The highest BCUT2D eigenvalue weighted by Crippen LogP contribution is 2.35. The van der Waals surface area contributed by atoms with Crippen LogP contribution in [0.1, 0.15) is 26.2 Å². The van der Waals surface area contributed by atoms with Crippen molar-refractivity contribution < 1.29 is 9.52 Å². The number of allylic oxidation sites excluding steroid dienone is 1. The molecule has 5 rings (SSSR count). The summed E-state index contributed by atoms with van der Waals surface area (Å²) in [5.74, 6) is 0.754. The number of aliphatic hydroxyl groups is 1. The van der Waals surface area contributed by atoms with Gasteiger partial charge in [0.25, 0.3) is 0 Å². The zero-order chi connectivity index (χ0) is 24.0. The Labute approximate surface area is 206 Å². The van der Waals surface area contributed by atoms with Gasteiger partial charge in [-0.1, -0.05) is 31.5 Å². The lowest BCUT2D eigenvalue weighted by atomic mass is 9.89. The number of benzene rings is 2. The number of hydrogen-bond acceptors (Lipinski definition) is 7.